The molecule has 1 aliphatic rings. The van der Waals surface area contributed by atoms with Gasteiger partial charge in [-0.3, -0.25) is 4.79 Å². The van der Waals surface area contributed by atoms with Crippen molar-refractivity contribution in [1.29, 1.82) is 0 Å². The van der Waals surface area contributed by atoms with Crippen molar-refractivity contribution in [3.05, 3.63) is 18.2 Å². The van der Waals surface area contributed by atoms with Crippen molar-refractivity contribution in [2.45, 2.75) is 25.8 Å². The molecule has 6 heteroatoms. The van der Waals surface area contributed by atoms with Crippen LogP contribution in [0.5, 0.6) is 0 Å². The zero-order chi connectivity index (χ0) is 13.7. The number of nitrogens with two attached hydrogens (primary N) is 1. The molecule has 1 aromatic heterocycles. The molecule has 1 radical (unpaired) electrons. The molecule has 0 bridgehead atoms. The molecule has 6 nitrogen and oxygen atoms in total. The second kappa shape index (κ2) is 6.68. The van der Waals surface area contributed by atoms with Gasteiger partial charge in [0.2, 0.25) is 0 Å². The van der Waals surface area contributed by atoms with Gasteiger partial charge >= 0.3 is 0 Å². The van der Waals surface area contributed by atoms with Crippen molar-refractivity contribution in [3.8, 4) is 0 Å². The monoisotopic (exact) mass is 265 g/mol. The van der Waals surface area contributed by atoms with Gasteiger partial charge in [0, 0.05) is 32.0 Å². The van der Waals surface area contributed by atoms with Gasteiger partial charge < -0.3 is 20.4 Å². The average Bonchev–Trinajstić information content (AvgIpc) is 2.89. The number of imidazole rings is 1. The lowest BCUT2D eigenvalue weighted by Crippen LogP contribution is -2.32. The summed E-state index contributed by atoms with van der Waals surface area (Å²) >= 11 is 0. The number of primary amides is 1. The highest BCUT2D eigenvalue weighted by atomic mass is 16.5. The fourth-order valence-corrected chi connectivity index (χ4v) is 2.33. The maximum atomic E-state index is 11.2. The zero-order valence-electron chi connectivity index (χ0n) is 11.3. The molecule has 19 heavy (non-hydrogen) atoms. The summed E-state index contributed by atoms with van der Waals surface area (Å²) in [5, 5.41) is 3.44. The van der Waals surface area contributed by atoms with Gasteiger partial charge in [-0.2, -0.15) is 0 Å². The third-order valence-electron chi connectivity index (χ3n) is 3.52. The van der Waals surface area contributed by atoms with E-state index in [1.54, 1.807) is 10.8 Å². The molecule has 0 spiro atoms. The zero-order valence-corrected chi connectivity index (χ0v) is 11.3. The number of hydrogen-bond acceptors (Lipinski definition) is 4. The van der Waals surface area contributed by atoms with E-state index in [-0.39, 0.29) is 11.9 Å². The number of carbonyl (C=O) groups excluding carboxylic acids is 1. The number of nitrogens with one attached hydrogen (secondary N) is 1. The molecule has 1 atom stereocenters. The van der Waals surface area contributed by atoms with Crippen LogP contribution in [0.15, 0.2) is 6.20 Å². The fourth-order valence-electron chi connectivity index (χ4n) is 2.33. The predicted molar refractivity (Wildman–Crippen MR) is 70.7 cm³/mol. The Bertz CT molecular complexity index is 413. The smallest absolute Gasteiger partial charge is 0.284 e. The summed E-state index contributed by atoms with van der Waals surface area (Å²) in [5.74, 6) is 0.434. The maximum absolute atomic E-state index is 11.2. The van der Waals surface area contributed by atoms with Gasteiger partial charge in [0.25, 0.3) is 5.91 Å². The van der Waals surface area contributed by atoms with Gasteiger partial charge in [-0.25, -0.2) is 4.98 Å². The van der Waals surface area contributed by atoms with E-state index >= 15 is 0 Å². The van der Waals surface area contributed by atoms with Crippen molar-refractivity contribution in [3.63, 3.8) is 0 Å². The Morgan fingerprint density at radius 1 is 1.68 bits per heavy atom. The maximum Gasteiger partial charge on any atom is 0.284 e. The van der Waals surface area contributed by atoms with Crippen LogP contribution in [0.4, 0.5) is 0 Å². The number of amides is 1. The van der Waals surface area contributed by atoms with Crippen LogP contribution in [0.25, 0.3) is 0 Å². The van der Waals surface area contributed by atoms with Gasteiger partial charge in [-0.15, -0.1) is 0 Å². The molecule has 1 aliphatic heterocycles. The van der Waals surface area contributed by atoms with Crippen molar-refractivity contribution in [2.75, 3.05) is 26.3 Å². The van der Waals surface area contributed by atoms with Gasteiger partial charge in [0.05, 0.1) is 0 Å². The molecule has 2 heterocycles. The van der Waals surface area contributed by atoms with Crippen LogP contribution in [0.1, 0.15) is 36.4 Å². The normalized spacial score (nSPS) is 18.4. The lowest BCUT2D eigenvalue weighted by atomic mass is 10.0. The van der Waals surface area contributed by atoms with Gasteiger partial charge in [-0.05, 0) is 32.2 Å². The van der Waals surface area contributed by atoms with E-state index in [9.17, 15) is 4.79 Å². The molecule has 1 aromatic rings. The number of nitrogens with zero attached hydrogens (tertiary/aromatic N) is 2. The molecule has 0 aliphatic carbocycles. The lowest BCUT2D eigenvalue weighted by molar-refractivity contribution is 0.0661. The number of aromatic nitrogens is 2. The summed E-state index contributed by atoms with van der Waals surface area (Å²) in [6.07, 6.45) is 6.57. The van der Waals surface area contributed by atoms with Crippen LogP contribution in [-0.2, 0) is 4.74 Å². The average molecular weight is 265 g/mol. The SMILES string of the molecule is CC(CNCC1CCOCC1)n1c[c]nc1C(N)=O. The largest absolute Gasteiger partial charge is 0.381 e. The molecular formula is C13H21N4O2. The van der Waals surface area contributed by atoms with E-state index in [1.165, 1.54) is 0 Å². The van der Waals surface area contributed by atoms with E-state index in [2.05, 4.69) is 16.5 Å². The van der Waals surface area contributed by atoms with E-state index in [4.69, 9.17) is 10.5 Å². The molecular weight excluding hydrogens is 244 g/mol. The molecule has 2 rings (SSSR count). The van der Waals surface area contributed by atoms with Crippen LogP contribution < -0.4 is 11.1 Å². The Morgan fingerprint density at radius 3 is 3.11 bits per heavy atom. The third-order valence-corrected chi connectivity index (χ3v) is 3.52. The minimum absolute atomic E-state index is 0.126. The van der Waals surface area contributed by atoms with Crippen molar-refractivity contribution in [2.24, 2.45) is 11.7 Å². The molecule has 0 saturated carbocycles. The summed E-state index contributed by atoms with van der Waals surface area (Å²) in [5.41, 5.74) is 5.27. The van der Waals surface area contributed by atoms with E-state index in [1.807, 2.05) is 6.92 Å². The van der Waals surface area contributed by atoms with Crippen LogP contribution in [-0.4, -0.2) is 41.8 Å². The number of rotatable bonds is 6. The summed E-state index contributed by atoms with van der Waals surface area (Å²) in [7, 11) is 0. The first-order valence-electron chi connectivity index (χ1n) is 6.71. The van der Waals surface area contributed by atoms with Gasteiger partial charge in [0.15, 0.2) is 5.82 Å². The first-order chi connectivity index (χ1) is 9.18. The van der Waals surface area contributed by atoms with Gasteiger partial charge in [0.1, 0.15) is 6.20 Å². The highest BCUT2D eigenvalue weighted by molar-refractivity contribution is 5.89. The number of hydrogen-bond donors (Lipinski definition) is 2. The Kier molecular flexibility index (Phi) is 4.93. The first-order valence-corrected chi connectivity index (χ1v) is 6.71. The van der Waals surface area contributed by atoms with E-state index in [0.29, 0.717) is 5.92 Å². The van der Waals surface area contributed by atoms with E-state index in [0.717, 1.165) is 39.1 Å². The third kappa shape index (κ3) is 3.78. The minimum atomic E-state index is -0.516. The quantitative estimate of drug-likeness (QED) is 0.778. The van der Waals surface area contributed by atoms with Crippen molar-refractivity contribution >= 4 is 5.91 Å². The van der Waals surface area contributed by atoms with Crippen molar-refractivity contribution < 1.29 is 9.53 Å². The molecule has 105 valence electrons. The summed E-state index contributed by atoms with van der Waals surface area (Å²) in [6, 6.07) is 0.126. The van der Waals surface area contributed by atoms with Gasteiger partial charge in [-0.1, -0.05) is 0 Å². The fraction of sp³-hybridized carbons (Fsp3) is 0.692. The standard InChI is InChI=1S/C13H21N4O2/c1-10(17-5-4-16-13(17)12(14)18)8-15-9-11-2-6-19-7-3-11/h5,10-11,15H,2-3,6-9H2,1H3,(H2,14,18). The van der Waals surface area contributed by atoms with Crippen molar-refractivity contribution in [1.82, 2.24) is 14.9 Å². The molecule has 3 N–H and O–H groups in total. The summed E-state index contributed by atoms with van der Waals surface area (Å²) in [6.45, 7) is 5.52. The molecule has 1 unspecified atom stereocenters. The van der Waals surface area contributed by atoms with Crippen LogP contribution >= 0.6 is 0 Å². The topological polar surface area (TPSA) is 82.2 Å². The lowest BCUT2D eigenvalue weighted by Gasteiger charge is -2.23. The molecule has 1 fully saturated rings. The Morgan fingerprint density at radius 2 is 2.42 bits per heavy atom. The summed E-state index contributed by atoms with van der Waals surface area (Å²) in [4.78, 5) is 15.0. The Balaban J connectivity index is 1.78. The minimum Gasteiger partial charge on any atom is -0.381 e. The van der Waals surface area contributed by atoms with Crippen LogP contribution in [0.2, 0.25) is 0 Å². The highest BCUT2D eigenvalue weighted by Gasteiger charge is 2.16. The number of carbonyl (C=O) groups is 1. The second-order valence-corrected chi connectivity index (χ2v) is 5.03. The summed E-state index contributed by atoms with van der Waals surface area (Å²) < 4.78 is 7.10. The predicted octanol–water partition coefficient (Wildman–Crippen LogP) is 0.359. The second-order valence-electron chi connectivity index (χ2n) is 5.03. The van der Waals surface area contributed by atoms with Crippen LogP contribution in [0, 0.1) is 12.1 Å². The van der Waals surface area contributed by atoms with Crippen LogP contribution in [0.3, 0.4) is 0 Å². The Hall–Kier alpha value is -1.40. The molecule has 1 amide bonds. The number of ether oxygens (including phenoxy) is 1. The highest BCUT2D eigenvalue weighted by Crippen LogP contribution is 2.14. The first kappa shape index (κ1) is 14.0. The van der Waals surface area contributed by atoms with E-state index < -0.39 is 5.91 Å². The molecule has 1 saturated heterocycles. The molecule has 0 aromatic carbocycles. The Labute approximate surface area is 113 Å².